The van der Waals surface area contributed by atoms with E-state index in [0.717, 1.165) is 10.6 Å². The molecule has 0 bridgehead atoms. The Morgan fingerprint density at radius 3 is 2.88 bits per heavy atom. The van der Waals surface area contributed by atoms with Gasteiger partial charge < -0.3 is 10.5 Å². The highest BCUT2D eigenvalue weighted by Crippen LogP contribution is 2.27. The van der Waals surface area contributed by atoms with Gasteiger partial charge in [0.15, 0.2) is 0 Å². The van der Waals surface area contributed by atoms with Gasteiger partial charge >= 0.3 is 5.76 Å². The van der Waals surface area contributed by atoms with Gasteiger partial charge in [0.25, 0.3) is 5.88 Å². The van der Waals surface area contributed by atoms with Crippen LogP contribution in [0, 0.1) is 5.82 Å². The van der Waals surface area contributed by atoms with E-state index in [0.29, 0.717) is 6.42 Å². The van der Waals surface area contributed by atoms with Crippen LogP contribution in [0.15, 0.2) is 32.1 Å². The molecule has 0 aliphatic heterocycles. The number of aromatic nitrogens is 4. The van der Waals surface area contributed by atoms with Crippen LogP contribution in [-0.4, -0.2) is 32.6 Å². The highest BCUT2D eigenvalue weighted by molar-refractivity contribution is 6.30. The molecule has 0 aliphatic carbocycles. The van der Waals surface area contributed by atoms with Gasteiger partial charge in [-0.3, -0.25) is 9.32 Å². The second-order valence-electron chi connectivity index (χ2n) is 5.04. The lowest BCUT2D eigenvalue weighted by molar-refractivity contribution is -0.118. The molecule has 0 saturated carbocycles. The van der Waals surface area contributed by atoms with E-state index in [1.54, 1.807) is 0 Å². The number of ether oxygens (including phenoxy) is 1. The fraction of sp³-hybridized carbons (Fsp3) is 0.214. The van der Waals surface area contributed by atoms with Gasteiger partial charge in [0.05, 0.1) is 17.3 Å². The predicted molar refractivity (Wildman–Crippen MR) is 84.3 cm³/mol. The van der Waals surface area contributed by atoms with E-state index < -0.39 is 17.5 Å². The van der Waals surface area contributed by atoms with Crippen LogP contribution in [0.3, 0.4) is 0 Å². The molecule has 2 N–H and O–H groups in total. The van der Waals surface area contributed by atoms with Crippen LogP contribution >= 0.6 is 11.6 Å². The van der Waals surface area contributed by atoms with Crippen molar-refractivity contribution in [3.8, 4) is 23.1 Å². The number of nitrogens with zero attached hydrogens (tertiary/aromatic N) is 4. The summed E-state index contributed by atoms with van der Waals surface area (Å²) in [6.07, 6.45) is 0.476. The van der Waals surface area contributed by atoms with E-state index in [1.807, 2.05) is 0 Å². The van der Waals surface area contributed by atoms with Crippen molar-refractivity contribution in [3.63, 3.8) is 0 Å². The standard InChI is InChI=1S/C14H11ClFN5O5/c15-8-6-7(3-4-9(8)16)21-12(19-25-14(21)23)11-13(20-26-18-11)24-5-1-2-10(17)22/h3-4,6H,1-2,5H2,(H2,17,22). The van der Waals surface area contributed by atoms with Gasteiger partial charge in [-0.25, -0.2) is 18.4 Å². The van der Waals surface area contributed by atoms with Crippen molar-refractivity contribution in [1.29, 1.82) is 0 Å². The van der Waals surface area contributed by atoms with Gasteiger partial charge in [-0.1, -0.05) is 16.8 Å². The molecule has 0 radical (unpaired) electrons. The van der Waals surface area contributed by atoms with Crippen molar-refractivity contribution in [3.05, 3.63) is 39.6 Å². The molecule has 0 aliphatic rings. The van der Waals surface area contributed by atoms with Crippen molar-refractivity contribution in [2.24, 2.45) is 5.73 Å². The van der Waals surface area contributed by atoms with Crippen molar-refractivity contribution in [1.82, 2.24) is 20.0 Å². The van der Waals surface area contributed by atoms with Gasteiger partial charge in [0.2, 0.25) is 17.4 Å². The minimum atomic E-state index is -0.856. The summed E-state index contributed by atoms with van der Waals surface area (Å²) in [7, 11) is 0. The van der Waals surface area contributed by atoms with Crippen LogP contribution in [0.4, 0.5) is 4.39 Å². The topological polar surface area (TPSA) is 139 Å². The van der Waals surface area contributed by atoms with Gasteiger partial charge in [0, 0.05) is 6.42 Å². The van der Waals surface area contributed by atoms with Crippen LogP contribution in [0.25, 0.3) is 17.2 Å². The third-order valence-corrected chi connectivity index (χ3v) is 3.53. The molecule has 0 saturated heterocycles. The number of rotatable bonds is 7. The second-order valence-corrected chi connectivity index (χ2v) is 5.45. The third kappa shape index (κ3) is 3.57. The quantitative estimate of drug-likeness (QED) is 0.602. The summed E-state index contributed by atoms with van der Waals surface area (Å²) >= 11 is 5.75. The molecule has 0 spiro atoms. The first-order valence-electron chi connectivity index (χ1n) is 7.25. The van der Waals surface area contributed by atoms with Crippen molar-refractivity contribution in [2.45, 2.75) is 12.8 Å². The molecular weight excluding hydrogens is 373 g/mol. The molecule has 136 valence electrons. The normalized spacial score (nSPS) is 10.8. The fourth-order valence-corrected chi connectivity index (χ4v) is 2.25. The SMILES string of the molecule is NC(=O)CCCOc1nonc1-c1noc(=O)n1-c1ccc(F)c(Cl)c1. The molecule has 26 heavy (non-hydrogen) atoms. The first kappa shape index (κ1) is 17.6. The Labute approximate surface area is 149 Å². The van der Waals surface area contributed by atoms with E-state index in [4.69, 9.17) is 22.1 Å². The zero-order chi connectivity index (χ0) is 18.7. The van der Waals surface area contributed by atoms with E-state index in [9.17, 15) is 14.0 Å². The van der Waals surface area contributed by atoms with E-state index in [2.05, 4.69) is 24.6 Å². The largest absolute Gasteiger partial charge is 0.474 e. The Morgan fingerprint density at radius 2 is 2.15 bits per heavy atom. The van der Waals surface area contributed by atoms with Gasteiger partial charge in [-0.05, 0) is 34.9 Å². The Kier molecular flexibility index (Phi) is 4.98. The van der Waals surface area contributed by atoms with Crippen LogP contribution in [0.1, 0.15) is 12.8 Å². The van der Waals surface area contributed by atoms with E-state index in [-0.39, 0.29) is 41.1 Å². The minimum absolute atomic E-state index is 0.0182. The number of primary amides is 1. The average molecular weight is 384 g/mol. The molecule has 12 heteroatoms. The first-order chi connectivity index (χ1) is 12.5. The fourth-order valence-electron chi connectivity index (χ4n) is 2.08. The van der Waals surface area contributed by atoms with Gasteiger partial charge in [-0.15, -0.1) is 0 Å². The lowest BCUT2D eigenvalue weighted by atomic mass is 10.3. The van der Waals surface area contributed by atoms with Crippen LogP contribution < -0.4 is 16.2 Å². The summed E-state index contributed by atoms with van der Waals surface area (Å²) in [4.78, 5) is 22.7. The van der Waals surface area contributed by atoms with Crippen LogP contribution in [-0.2, 0) is 4.79 Å². The van der Waals surface area contributed by atoms with Gasteiger partial charge in [0.1, 0.15) is 5.82 Å². The zero-order valence-electron chi connectivity index (χ0n) is 13.0. The highest BCUT2D eigenvalue weighted by atomic mass is 35.5. The molecule has 3 rings (SSSR count). The Bertz CT molecular complexity index is 998. The number of nitrogens with two attached hydrogens (primary N) is 1. The number of carbonyl (C=O) groups is 1. The number of hydrogen-bond donors (Lipinski definition) is 1. The molecule has 2 aromatic heterocycles. The molecule has 1 aromatic carbocycles. The second kappa shape index (κ2) is 7.35. The zero-order valence-corrected chi connectivity index (χ0v) is 13.8. The van der Waals surface area contributed by atoms with Crippen molar-refractivity contribution < 1.29 is 23.1 Å². The summed E-state index contributed by atoms with van der Waals surface area (Å²) in [6.45, 7) is 0.106. The van der Waals surface area contributed by atoms with E-state index in [1.165, 1.54) is 12.1 Å². The lowest BCUT2D eigenvalue weighted by Crippen LogP contribution is -2.14. The number of benzene rings is 1. The summed E-state index contributed by atoms with van der Waals surface area (Å²) in [5, 5.41) is 10.7. The third-order valence-electron chi connectivity index (χ3n) is 3.24. The maximum Gasteiger partial charge on any atom is 0.446 e. The molecule has 0 fully saturated rings. The van der Waals surface area contributed by atoms with E-state index >= 15 is 0 Å². The minimum Gasteiger partial charge on any atom is -0.474 e. The Hall–Kier alpha value is -3.21. The number of halogens is 2. The van der Waals surface area contributed by atoms with Crippen molar-refractivity contribution >= 4 is 17.5 Å². The van der Waals surface area contributed by atoms with Crippen LogP contribution in [0.2, 0.25) is 5.02 Å². The average Bonchev–Trinajstić information content (AvgIpc) is 3.20. The summed E-state index contributed by atoms with van der Waals surface area (Å²) in [5.74, 6) is -2.12. The molecule has 10 nitrogen and oxygen atoms in total. The molecular formula is C14H11ClFN5O5. The monoisotopic (exact) mass is 383 g/mol. The number of amides is 1. The molecule has 0 unspecified atom stereocenters. The summed E-state index contributed by atoms with van der Waals surface area (Å²) < 4.78 is 29.0. The summed E-state index contributed by atoms with van der Waals surface area (Å²) in [5.41, 5.74) is 5.22. The van der Waals surface area contributed by atoms with Crippen molar-refractivity contribution in [2.75, 3.05) is 6.61 Å². The smallest absolute Gasteiger partial charge is 0.446 e. The number of carbonyl (C=O) groups excluding carboxylic acids is 1. The molecule has 3 aromatic rings. The first-order valence-corrected chi connectivity index (χ1v) is 7.63. The van der Waals surface area contributed by atoms with Crippen LogP contribution in [0.5, 0.6) is 5.88 Å². The Morgan fingerprint density at radius 1 is 1.35 bits per heavy atom. The summed E-state index contributed by atoms with van der Waals surface area (Å²) in [6, 6.07) is 3.62. The molecule has 0 atom stereocenters. The highest BCUT2D eigenvalue weighted by Gasteiger charge is 2.24. The number of hydrogen-bond acceptors (Lipinski definition) is 8. The molecule has 2 heterocycles. The maximum atomic E-state index is 13.4. The predicted octanol–water partition coefficient (Wildman–Crippen LogP) is 1.31. The molecule has 1 amide bonds. The van der Waals surface area contributed by atoms with Gasteiger partial charge in [-0.2, -0.15) is 0 Å². The lowest BCUT2D eigenvalue weighted by Gasteiger charge is -2.05. The maximum absolute atomic E-state index is 13.4. The Balaban J connectivity index is 1.92.